The number of hydrogen-bond acceptors (Lipinski definition) is 4. The fraction of sp³-hybridized carbons (Fsp3) is 0.526. The van der Waals surface area contributed by atoms with Crippen LogP contribution >= 0.6 is 0 Å². The van der Waals surface area contributed by atoms with E-state index in [1.165, 1.54) is 0 Å². The molecule has 0 bridgehead atoms. The summed E-state index contributed by atoms with van der Waals surface area (Å²) in [7, 11) is 0. The Labute approximate surface area is 146 Å². The zero-order chi connectivity index (χ0) is 17.6. The maximum atomic E-state index is 13.1. The highest BCUT2D eigenvalue weighted by Gasteiger charge is 2.35. The van der Waals surface area contributed by atoms with Crippen LogP contribution in [-0.4, -0.2) is 27.5 Å². The highest BCUT2D eigenvalue weighted by Crippen LogP contribution is 2.36. The van der Waals surface area contributed by atoms with E-state index in [4.69, 9.17) is 4.52 Å². The molecule has 1 saturated heterocycles. The first-order valence-electron chi connectivity index (χ1n) is 9.05. The molecule has 0 spiro atoms. The molecule has 1 aliphatic carbocycles. The molecule has 4 rings (SSSR count). The standard InChI is InChI=1S/C19H23N3O3/c1-11-17(12(2)25-21-11)16-8-5-9-22(16)19(24)14-10-13-6-3-4-7-15(13)20-18(14)23/h10,16H,3-9H2,1-2H3,(H,20,23). The Kier molecular flexibility index (Phi) is 3.98. The molecule has 2 aliphatic rings. The summed E-state index contributed by atoms with van der Waals surface area (Å²) in [5.74, 6) is 0.568. The van der Waals surface area contributed by atoms with Crippen molar-refractivity contribution in [1.29, 1.82) is 0 Å². The Balaban J connectivity index is 1.70. The summed E-state index contributed by atoms with van der Waals surface area (Å²) in [5, 5.41) is 4.02. The number of carbonyl (C=O) groups is 1. The number of rotatable bonds is 2. The number of H-pyrrole nitrogens is 1. The van der Waals surface area contributed by atoms with Crippen LogP contribution in [-0.2, 0) is 12.8 Å². The van der Waals surface area contributed by atoms with Crippen LogP contribution in [0.5, 0.6) is 0 Å². The van der Waals surface area contributed by atoms with Crippen molar-refractivity contribution in [3.8, 4) is 0 Å². The average molecular weight is 341 g/mol. The maximum Gasteiger partial charge on any atom is 0.261 e. The van der Waals surface area contributed by atoms with E-state index in [-0.39, 0.29) is 23.1 Å². The van der Waals surface area contributed by atoms with Crippen LogP contribution < -0.4 is 5.56 Å². The number of aromatic nitrogens is 2. The maximum absolute atomic E-state index is 13.1. The summed E-state index contributed by atoms with van der Waals surface area (Å²) in [6.45, 7) is 4.44. The second-order valence-corrected chi connectivity index (χ2v) is 7.12. The number of fused-ring (bicyclic) bond motifs is 1. The van der Waals surface area contributed by atoms with Gasteiger partial charge < -0.3 is 14.4 Å². The second kappa shape index (κ2) is 6.17. The Morgan fingerprint density at radius 2 is 2.08 bits per heavy atom. The van der Waals surface area contributed by atoms with Gasteiger partial charge in [-0.2, -0.15) is 0 Å². The van der Waals surface area contributed by atoms with Gasteiger partial charge in [0.1, 0.15) is 11.3 Å². The SMILES string of the molecule is Cc1noc(C)c1C1CCCN1C(=O)c1cc2c([nH]c1=O)CCCC2. The molecule has 1 fully saturated rings. The van der Waals surface area contributed by atoms with E-state index in [1.54, 1.807) is 0 Å². The van der Waals surface area contributed by atoms with Gasteiger partial charge in [0.2, 0.25) is 0 Å². The van der Waals surface area contributed by atoms with E-state index < -0.39 is 0 Å². The number of likely N-dealkylation sites (tertiary alicyclic amines) is 1. The Hall–Kier alpha value is -2.37. The molecule has 2 aromatic rings. The fourth-order valence-electron chi connectivity index (χ4n) is 4.26. The molecule has 0 aromatic carbocycles. The first-order valence-corrected chi connectivity index (χ1v) is 9.05. The van der Waals surface area contributed by atoms with E-state index >= 15 is 0 Å². The van der Waals surface area contributed by atoms with Crippen molar-refractivity contribution in [2.24, 2.45) is 0 Å². The predicted molar refractivity (Wildman–Crippen MR) is 92.7 cm³/mol. The largest absolute Gasteiger partial charge is 0.361 e. The van der Waals surface area contributed by atoms with Gasteiger partial charge in [-0.15, -0.1) is 0 Å². The first kappa shape index (κ1) is 16.1. The number of nitrogens with zero attached hydrogens (tertiary/aromatic N) is 2. The fourth-order valence-corrected chi connectivity index (χ4v) is 4.26. The lowest BCUT2D eigenvalue weighted by Crippen LogP contribution is -2.35. The predicted octanol–water partition coefficient (Wildman–Crippen LogP) is 2.84. The van der Waals surface area contributed by atoms with Gasteiger partial charge in [0, 0.05) is 17.8 Å². The number of aromatic amines is 1. The van der Waals surface area contributed by atoms with Crippen LogP contribution in [0.2, 0.25) is 0 Å². The normalized spacial score (nSPS) is 19.9. The Morgan fingerprint density at radius 3 is 2.84 bits per heavy atom. The topological polar surface area (TPSA) is 79.2 Å². The van der Waals surface area contributed by atoms with E-state index in [9.17, 15) is 9.59 Å². The highest BCUT2D eigenvalue weighted by atomic mass is 16.5. The monoisotopic (exact) mass is 341 g/mol. The van der Waals surface area contributed by atoms with E-state index in [1.807, 2.05) is 24.8 Å². The minimum Gasteiger partial charge on any atom is -0.361 e. The third-order valence-electron chi connectivity index (χ3n) is 5.50. The molecule has 6 heteroatoms. The summed E-state index contributed by atoms with van der Waals surface area (Å²) < 4.78 is 5.28. The molecule has 3 heterocycles. The number of amides is 1. The van der Waals surface area contributed by atoms with E-state index in [0.717, 1.165) is 66.8 Å². The van der Waals surface area contributed by atoms with Gasteiger partial charge in [0.25, 0.3) is 11.5 Å². The van der Waals surface area contributed by atoms with Gasteiger partial charge in [-0.05, 0) is 64.0 Å². The minimum absolute atomic E-state index is 0.0609. The molecule has 132 valence electrons. The zero-order valence-electron chi connectivity index (χ0n) is 14.7. The molecule has 6 nitrogen and oxygen atoms in total. The van der Waals surface area contributed by atoms with Crippen molar-refractivity contribution in [2.45, 2.75) is 58.4 Å². The van der Waals surface area contributed by atoms with Crippen LogP contribution in [0.4, 0.5) is 0 Å². The van der Waals surface area contributed by atoms with Gasteiger partial charge in [-0.1, -0.05) is 5.16 Å². The van der Waals surface area contributed by atoms with Crippen LogP contribution in [0.1, 0.15) is 70.4 Å². The van der Waals surface area contributed by atoms with Crippen LogP contribution in [0.3, 0.4) is 0 Å². The molecule has 0 saturated carbocycles. The van der Waals surface area contributed by atoms with Crippen molar-refractivity contribution >= 4 is 5.91 Å². The molecular weight excluding hydrogens is 318 g/mol. The van der Waals surface area contributed by atoms with Gasteiger partial charge in [0.15, 0.2) is 0 Å². The molecule has 1 atom stereocenters. The van der Waals surface area contributed by atoms with Crippen LogP contribution in [0.25, 0.3) is 0 Å². The summed E-state index contributed by atoms with van der Waals surface area (Å²) in [6.07, 6.45) is 5.82. The van der Waals surface area contributed by atoms with Gasteiger partial charge >= 0.3 is 0 Å². The molecule has 2 aromatic heterocycles. The van der Waals surface area contributed by atoms with Crippen molar-refractivity contribution in [2.75, 3.05) is 6.54 Å². The third-order valence-corrected chi connectivity index (χ3v) is 5.50. The van der Waals surface area contributed by atoms with Crippen LogP contribution in [0, 0.1) is 13.8 Å². The summed E-state index contributed by atoms with van der Waals surface area (Å²) >= 11 is 0. The molecule has 25 heavy (non-hydrogen) atoms. The first-order chi connectivity index (χ1) is 12.1. The van der Waals surface area contributed by atoms with Gasteiger partial charge in [-0.3, -0.25) is 9.59 Å². The molecule has 1 aliphatic heterocycles. The molecule has 1 N–H and O–H groups in total. The zero-order valence-corrected chi connectivity index (χ0v) is 14.7. The van der Waals surface area contributed by atoms with E-state index in [0.29, 0.717) is 6.54 Å². The highest BCUT2D eigenvalue weighted by molar-refractivity contribution is 5.94. The Morgan fingerprint density at radius 1 is 1.28 bits per heavy atom. The Bertz CT molecular complexity index is 861. The van der Waals surface area contributed by atoms with Gasteiger partial charge in [-0.25, -0.2) is 0 Å². The minimum atomic E-state index is -0.268. The lowest BCUT2D eigenvalue weighted by atomic mass is 9.94. The quantitative estimate of drug-likeness (QED) is 0.911. The number of carbonyl (C=O) groups excluding carboxylic acids is 1. The molecule has 1 unspecified atom stereocenters. The second-order valence-electron chi connectivity index (χ2n) is 7.12. The molecule has 0 radical (unpaired) electrons. The average Bonchev–Trinajstić information content (AvgIpc) is 3.20. The summed E-state index contributed by atoms with van der Waals surface area (Å²) in [6, 6.07) is 1.76. The third kappa shape index (κ3) is 2.69. The number of hydrogen-bond donors (Lipinski definition) is 1. The van der Waals surface area contributed by atoms with Crippen LogP contribution in [0.15, 0.2) is 15.4 Å². The lowest BCUT2D eigenvalue weighted by molar-refractivity contribution is 0.0732. The van der Waals surface area contributed by atoms with Crippen molar-refractivity contribution in [1.82, 2.24) is 15.0 Å². The summed E-state index contributed by atoms with van der Waals surface area (Å²) in [4.78, 5) is 30.4. The number of aryl methyl sites for hydroxylation is 4. The van der Waals surface area contributed by atoms with Crippen molar-refractivity contribution in [3.05, 3.63) is 50.3 Å². The van der Waals surface area contributed by atoms with Crippen molar-refractivity contribution < 1.29 is 9.32 Å². The summed E-state index contributed by atoms with van der Waals surface area (Å²) in [5.41, 5.74) is 3.91. The molecular formula is C19H23N3O3. The molecule has 1 amide bonds. The van der Waals surface area contributed by atoms with E-state index in [2.05, 4.69) is 10.1 Å². The smallest absolute Gasteiger partial charge is 0.261 e. The van der Waals surface area contributed by atoms with Gasteiger partial charge in [0.05, 0.1) is 11.7 Å². The number of nitrogens with one attached hydrogen (secondary N) is 1. The van der Waals surface area contributed by atoms with Crippen molar-refractivity contribution in [3.63, 3.8) is 0 Å². The lowest BCUT2D eigenvalue weighted by Gasteiger charge is -2.25. The number of pyridine rings is 1.